The third-order valence-electron chi connectivity index (χ3n) is 5.10. The lowest BCUT2D eigenvalue weighted by Gasteiger charge is -2.34. The maximum absolute atomic E-state index is 13.3. The molecule has 156 valence electrons. The van der Waals surface area contributed by atoms with E-state index in [4.69, 9.17) is 4.74 Å². The highest BCUT2D eigenvalue weighted by atomic mass is 19.1. The Morgan fingerprint density at radius 2 is 1.90 bits per heavy atom. The summed E-state index contributed by atoms with van der Waals surface area (Å²) < 4.78 is 18.7. The zero-order valence-electron chi connectivity index (χ0n) is 16.2. The molecule has 30 heavy (non-hydrogen) atoms. The van der Waals surface area contributed by atoms with Gasteiger partial charge in [-0.2, -0.15) is 5.10 Å². The van der Waals surface area contributed by atoms with E-state index in [1.165, 1.54) is 12.1 Å². The number of amides is 2. The number of nitrogens with one attached hydrogen (secondary N) is 3. The molecule has 0 saturated carbocycles. The molecular formula is C21H22FN5O3. The number of hydrogen-bond acceptors (Lipinski definition) is 5. The Balaban J connectivity index is 1.40. The van der Waals surface area contributed by atoms with Crippen LogP contribution in [0.3, 0.4) is 0 Å². The van der Waals surface area contributed by atoms with Crippen LogP contribution in [0.25, 0.3) is 10.9 Å². The van der Waals surface area contributed by atoms with Crippen molar-refractivity contribution in [3.8, 4) is 0 Å². The van der Waals surface area contributed by atoms with E-state index in [9.17, 15) is 14.0 Å². The Morgan fingerprint density at radius 3 is 2.67 bits per heavy atom. The average Bonchev–Trinajstić information content (AvgIpc) is 3.23. The number of carbonyl (C=O) groups excluding carboxylic acids is 2. The van der Waals surface area contributed by atoms with Crippen LogP contribution in [0, 0.1) is 5.82 Å². The SMILES string of the molecule is O=C(NCC(c1ccc(F)cc1)N1CCOCC1)C(=O)Nc1ccc2[nH]ncc2c1. The molecule has 1 unspecified atom stereocenters. The van der Waals surface area contributed by atoms with Crippen LogP contribution >= 0.6 is 0 Å². The number of morpholine rings is 1. The number of benzene rings is 2. The molecule has 1 saturated heterocycles. The van der Waals surface area contributed by atoms with E-state index in [1.54, 1.807) is 36.5 Å². The topological polar surface area (TPSA) is 99.4 Å². The van der Waals surface area contributed by atoms with Crippen LogP contribution in [0.1, 0.15) is 11.6 Å². The van der Waals surface area contributed by atoms with Crippen molar-refractivity contribution in [3.63, 3.8) is 0 Å². The summed E-state index contributed by atoms with van der Waals surface area (Å²) in [6, 6.07) is 11.2. The third-order valence-corrected chi connectivity index (χ3v) is 5.10. The van der Waals surface area contributed by atoms with E-state index < -0.39 is 11.8 Å². The van der Waals surface area contributed by atoms with E-state index in [2.05, 4.69) is 25.7 Å². The minimum absolute atomic E-state index is 0.187. The molecule has 3 N–H and O–H groups in total. The Hall–Kier alpha value is -3.30. The number of hydrogen-bond donors (Lipinski definition) is 3. The molecule has 1 aromatic heterocycles. The Labute approximate surface area is 172 Å². The maximum Gasteiger partial charge on any atom is 0.313 e. The van der Waals surface area contributed by atoms with Crippen LogP contribution in [-0.2, 0) is 14.3 Å². The van der Waals surface area contributed by atoms with Gasteiger partial charge >= 0.3 is 11.8 Å². The summed E-state index contributed by atoms with van der Waals surface area (Å²) in [5, 5.41) is 12.9. The first-order chi connectivity index (χ1) is 14.6. The fourth-order valence-corrected chi connectivity index (χ4v) is 3.51. The lowest BCUT2D eigenvalue weighted by Crippen LogP contribution is -2.45. The van der Waals surface area contributed by atoms with Gasteiger partial charge in [0.2, 0.25) is 0 Å². The van der Waals surface area contributed by atoms with Gasteiger partial charge in [-0.05, 0) is 35.9 Å². The molecule has 1 aliphatic rings. The molecule has 2 amide bonds. The second-order valence-electron chi connectivity index (χ2n) is 7.05. The number of halogens is 1. The van der Waals surface area contributed by atoms with E-state index in [0.717, 1.165) is 16.5 Å². The van der Waals surface area contributed by atoms with Crippen molar-refractivity contribution in [1.82, 2.24) is 20.4 Å². The maximum atomic E-state index is 13.3. The number of fused-ring (bicyclic) bond motifs is 1. The molecule has 3 aromatic rings. The summed E-state index contributed by atoms with van der Waals surface area (Å²) in [6.07, 6.45) is 1.64. The van der Waals surface area contributed by atoms with Crippen LogP contribution in [0.15, 0.2) is 48.7 Å². The molecule has 8 nitrogen and oxygen atoms in total. The van der Waals surface area contributed by atoms with Gasteiger partial charge in [-0.25, -0.2) is 4.39 Å². The lowest BCUT2D eigenvalue weighted by atomic mass is 10.0. The third kappa shape index (κ3) is 4.64. The first-order valence-corrected chi connectivity index (χ1v) is 9.70. The molecule has 1 fully saturated rings. The molecule has 2 aromatic carbocycles. The van der Waals surface area contributed by atoms with Crippen LogP contribution in [0.5, 0.6) is 0 Å². The van der Waals surface area contributed by atoms with Gasteiger partial charge in [-0.15, -0.1) is 0 Å². The van der Waals surface area contributed by atoms with Gasteiger partial charge in [0.1, 0.15) is 5.82 Å². The number of aromatic amines is 1. The van der Waals surface area contributed by atoms with Crippen molar-refractivity contribution in [3.05, 3.63) is 60.0 Å². The van der Waals surface area contributed by atoms with Crippen LogP contribution in [0.2, 0.25) is 0 Å². The molecule has 9 heteroatoms. The molecule has 2 heterocycles. The monoisotopic (exact) mass is 411 g/mol. The van der Waals surface area contributed by atoms with Gasteiger partial charge in [0.25, 0.3) is 0 Å². The minimum Gasteiger partial charge on any atom is -0.379 e. The molecule has 4 rings (SSSR count). The standard InChI is InChI=1S/C21H22FN5O3/c22-16-3-1-14(2-4-16)19(27-7-9-30-10-8-27)13-23-20(28)21(29)25-17-5-6-18-15(11-17)12-24-26-18/h1-6,11-12,19H,7-10,13H2,(H,23,28)(H,24,26)(H,25,29). The zero-order valence-corrected chi connectivity index (χ0v) is 16.2. The number of carbonyl (C=O) groups is 2. The quantitative estimate of drug-likeness (QED) is 0.557. The molecular weight excluding hydrogens is 389 g/mol. The summed E-state index contributed by atoms with van der Waals surface area (Å²) in [5.74, 6) is -1.81. The smallest absolute Gasteiger partial charge is 0.313 e. The second-order valence-corrected chi connectivity index (χ2v) is 7.05. The van der Waals surface area contributed by atoms with Crippen molar-refractivity contribution < 1.29 is 18.7 Å². The van der Waals surface area contributed by atoms with E-state index in [1.807, 2.05) is 0 Å². The molecule has 0 spiro atoms. The molecule has 0 aliphatic carbocycles. The zero-order chi connectivity index (χ0) is 20.9. The minimum atomic E-state index is -0.752. The summed E-state index contributed by atoms with van der Waals surface area (Å²) in [6.45, 7) is 2.77. The van der Waals surface area contributed by atoms with Crippen LogP contribution in [-0.4, -0.2) is 59.8 Å². The Bertz CT molecular complexity index is 1030. The summed E-state index contributed by atoms with van der Waals surface area (Å²) in [4.78, 5) is 26.9. The van der Waals surface area contributed by atoms with Crippen molar-refractivity contribution >= 4 is 28.4 Å². The molecule has 0 radical (unpaired) electrons. The van der Waals surface area contributed by atoms with Crippen LogP contribution < -0.4 is 10.6 Å². The molecule has 1 aliphatic heterocycles. The first-order valence-electron chi connectivity index (χ1n) is 9.70. The fourth-order valence-electron chi connectivity index (χ4n) is 3.51. The van der Waals surface area contributed by atoms with Crippen LogP contribution in [0.4, 0.5) is 10.1 Å². The highest BCUT2D eigenvalue weighted by molar-refractivity contribution is 6.39. The van der Waals surface area contributed by atoms with E-state index in [-0.39, 0.29) is 18.4 Å². The second kappa shape index (κ2) is 9.02. The molecule has 0 bridgehead atoms. The number of anilines is 1. The first kappa shape index (κ1) is 20.0. The number of nitrogens with zero attached hydrogens (tertiary/aromatic N) is 2. The van der Waals surface area contributed by atoms with Crippen molar-refractivity contribution in [2.24, 2.45) is 0 Å². The van der Waals surface area contributed by atoms with Gasteiger partial charge in [0, 0.05) is 30.7 Å². The van der Waals surface area contributed by atoms with Gasteiger partial charge in [0.05, 0.1) is 31.0 Å². The fraction of sp³-hybridized carbons (Fsp3) is 0.286. The van der Waals surface area contributed by atoms with Crippen molar-refractivity contribution in [2.45, 2.75) is 6.04 Å². The van der Waals surface area contributed by atoms with Crippen molar-refractivity contribution in [2.75, 3.05) is 38.2 Å². The Kier molecular flexibility index (Phi) is 6.01. The number of H-pyrrole nitrogens is 1. The predicted octanol–water partition coefficient (Wildman–Crippen LogP) is 1.83. The average molecular weight is 411 g/mol. The molecule has 1 atom stereocenters. The summed E-state index contributed by atoms with van der Waals surface area (Å²) in [5.41, 5.74) is 2.21. The van der Waals surface area contributed by atoms with Gasteiger partial charge in [-0.1, -0.05) is 12.1 Å². The van der Waals surface area contributed by atoms with Gasteiger partial charge < -0.3 is 15.4 Å². The van der Waals surface area contributed by atoms with Gasteiger partial charge in [0.15, 0.2) is 0 Å². The lowest BCUT2D eigenvalue weighted by molar-refractivity contribution is -0.136. The number of ether oxygens (including phenoxy) is 1. The number of aromatic nitrogens is 2. The van der Waals surface area contributed by atoms with Crippen molar-refractivity contribution in [1.29, 1.82) is 0 Å². The van der Waals surface area contributed by atoms with E-state index >= 15 is 0 Å². The highest BCUT2D eigenvalue weighted by Gasteiger charge is 2.24. The number of rotatable bonds is 5. The largest absolute Gasteiger partial charge is 0.379 e. The Morgan fingerprint density at radius 1 is 1.13 bits per heavy atom. The highest BCUT2D eigenvalue weighted by Crippen LogP contribution is 2.22. The van der Waals surface area contributed by atoms with Gasteiger partial charge in [-0.3, -0.25) is 19.6 Å². The summed E-state index contributed by atoms with van der Waals surface area (Å²) >= 11 is 0. The summed E-state index contributed by atoms with van der Waals surface area (Å²) in [7, 11) is 0. The predicted molar refractivity (Wildman–Crippen MR) is 109 cm³/mol. The van der Waals surface area contributed by atoms with E-state index in [0.29, 0.717) is 32.0 Å². The normalized spacial score (nSPS) is 15.6.